The number of rotatable bonds is 6. The normalized spacial score (nSPS) is 23.6. The van der Waals surface area contributed by atoms with Gasteiger partial charge in [0, 0.05) is 37.9 Å². The highest BCUT2D eigenvalue weighted by Crippen LogP contribution is 2.23. The summed E-state index contributed by atoms with van der Waals surface area (Å²) in [5, 5.41) is 7.82. The first-order chi connectivity index (χ1) is 14.0. The van der Waals surface area contributed by atoms with Crippen molar-refractivity contribution in [2.75, 3.05) is 45.9 Å². The molecule has 7 heteroatoms. The van der Waals surface area contributed by atoms with Crippen molar-refractivity contribution in [1.29, 1.82) is 0 Å². The summed E-state index contributed by atoms with van der Waals surface area (Å²) in [6.45, 7) is 15.7. The maximum atomic E-state index is 6.02. The molecule has 3 rings (SSSR count). The minimum Gasteiger partial charge on any atom is -0.370 e. The predicted octanol–water partition coefficient (Wildman–Crippen LogP) is 2.52. The van der Waals surface area contributed by atoms with E-state index in [0.717, 1.165) is 43.6 Å². The van der Waals surface area contributed by atoms with Gasteiger partial charge in [0.05, 0.1) is 25.9 Å². The molecule has 3 heterocycles. The predicted molar refractivity (Wildman–Crippen MR) is 118 cm³/mol. The first-order valence-electron chi connectivity index (χ1n) is 11.3. The topological polar surface area (TPSA) is 57.9 Å². The first-order valence-corrected chi connectivity index (χ1v) is 11.3. The summed E-state index contributed by atoms with van der Waals surface area (Å²) in [5.74, 6) is 2.47. The van der Waals surface area contributed by atoms with Gasteiger partial charge < -0.3 is 15.0 Å². The summed E-state index contributed by atoms with van der Waals surface area (Å²) in [7, 11) is 1.95. The number of morpholine rings is 1. The van der Waals surface area contributed by atoms with Crippen molar-refractivity contribution in [3.05, 3.63) is 18.0 Å². The van der Waals surface area contributed by atoms with Crippen LogP contribution < -0.4 is 5.32 Å². The van der Waals surface area contributed by atoms with Gasteiger partial charge in [-0.25, -0.2) is 0 Å². The number of guanidine groups is 1. The Labute approximate surface area is 176 Å². The van der Waals surface area contributed by atoms with E-state index in [1.165, 1.54) is 25.9 Å². The highest BCUT2D eigenvalue weighted by molar-refractivity contribution is 5.80. The Morgan fingerprint density at radius 2 is 2.07 bits per heavy atom. The largest absolute Gasteiger partial charge is 0.370 e. The monoisotopic (exact) mass is 404 g/mol. The molecule has 0 saturated carbocycles. The second kappa shape index (κ2) is 10.4. The van der Waals surface area contributed by atoms with Crippen LogP contribution in [0, 0.1) is 11.8 Å². The molecular weight excluding hydrogens is 364 g/mol. The van der Waals surface area contributed by atoms with Gasteiger partial charge in [-0.05, 0) is 44.7 Å². The van der Waals surface area contributed by atoms with Crippen molar-refractivity contribution < 1.29 is 4.74 Å². The molecule has 0 bridgehead atoms. The van der Waals surface area contributed by atoms with Crippen LogP contribution in [-0.4, -0.2) is 77.5 Å². The zero-order valence-corrected chi connectivity index (χ0v) is 19.0. The van der Waals surface area contributed by atoms with Crippen LogP contribution in [-0.2, 0) is 11.8 Å². The highest BCUT2D eigenvalue weighted by Gasteiger charge is 2.28. The van der Waals surface area contributed by atoms with Gasteiger partial charge in [0.15, 0.2) is 5.96 Å². The molecule has 0 aliphatic carbocycles. The van der Waals surface area contributed by atoms with Crippen LogP contribution in [0.4, 0.5) is 0 Å². The molecule has 0 spiro atoms. The van der Waals surface area contributed by atoms with E-state index in [2.05, 4.69) is 47.9 Å². The smallest absolute Gasteiger partial charge is 0.194 e. The van der Waals surface area contributed by atoms with Crippen LogP contribution in [0.5, 0.6) is 0 Å². The Kier molecular flexibility index (Phi) is 7.95. The number of nitrogens with zero attached hydrogens (tertiary/aromatic N) is 5. The van der Waals surface area contributed by atoms with Gasteiger partial charge >= 0.3 is 0 Å². The molecule has 2 aliphatic heterocycles. The lowest BCUT2D eigenvalue weighted by molar-refractivity contribution is -0.00812. The maximum Gasteiger partial charge on any atom is 0.194 e. The molecule has 0 amide bonds. The number of piperidine rings is 1. The molecule has 2 unspecified atom stereocenters. The molecule has 0 aromatic carbocycles. The van der Waals surface area contributed by atoms with E-state index in [9.17, 15) is 0 Å². The van der Waals surface area contributed by atoms with E-state index in [4.69, 9.17) is 9.73 Å². The summed E-state index contributed by atoms with van der Waals surface area (Å²) in [6.07, 6.45) is 6.62. The number of likely N-dealkylation sites (tertiary alicyclic amines) is 1. The molecule has 2 atom stereocenters. The molecule has 2 saturated heterocycles. The molecule has 164 valence electrons. The third kappa shape index (κ3) is 5.95. The van der Waals surface area contributed by atoms with Gasteiger partial charge in [-0.1, -0.05) is 20.8 Å². The Hall–Kier alpha value is -1.60. The number of aliphatic imine (C=N–C) groups is 1. The molecule has 1 aromatic heterocycles. The third-order valence-electron chi connectivity index (χ3n) is 6.28. The average molecular weight is 405 g/mol. The molecule has 0 radical (unpaired) electrons. The molecule has 2 fully saturated rings. The SMILES string of the molecule is CCNC(=NCC(C(C)C)N1CCC(C)CC1)N1CCOC(c2cnn(C)c2)C1. The fourth-order valence-electron chi connectivity index (χ4n) is 4.36. The Balaban J connectivity index is 1.67. The summed E-state index contributed by atoms with van der Waals surface area (Å²) in [4.78, 5) is 10.1. The van der Waals surface area contributed by atoms with E-state index in [-0.39, 0.29) is 6.10 Å². The second-order valence-electron chi connectivity index (χ2n) is 8.98. The van der Waals surface area contributed by atoms with Crippen molar-refractivity contribution >= 4 is 5.96 Å². The molecule has 7 nitrogen and oxygen atoms in total. The van der Waals surface area contributed by atoms with Crippen LogP contribution in [0.1, 0.15) is 52.2 Å². The van der Waals surface area contributed by atoms with E-state index in [0.29, 0.717) is 18.6 Å². The summed E-state index contributed by atoms with van der Waals surface area (Å²) in [6, 6.07) is 0.506. The lowest BCUT2D eigenvalue weighted by atomic mass is 9.94. The Morgan fingerprint density at radius 1 is 1.31 bits per heavy atom. The van der Waals surface area contributed by atoms with E-state index < -0.39 is 0 Å². The zero-order valence-electron chi connectivity index (χ0n) is 19.0. The van der Waals surface area contributed by atoms with Crippen molar-refractivity contribution in [3.63, 3.8) is 0 Å². The van der Waals surface area contributed by atoms with Crippen molar-refractivity contribution in [2.24, 2.45) is 23.9 Å². The minimum atomic E-state index is 0.0470. The van der Waals surface area contributed by atoms with Crippen LogP contribution in [0.25, 0.3) is 0 Å². The fourth-order valence-corrected chi connectivity index (χ4v) is 4.36. The minimum absolute atomic E-state index is 0.0470. The van der Waals surface area contributed by atoms with Gasteiger partial charge in [-0.3, -0.25) is 14.6 Å². The quantitative estimate of drug-likeness (QED) is 0.583. The van der Waals surface area contributed by atoms with Crippen LogP contribution in [0.15, 0.2) is 17.4 Å². The van der Waals surface area contributed by atoms with Gasteiger partial charge in [0.1, 0.15) is 6.10 Å². The Bertz CT molecular complexity index is 649. The number of hydrogen-bond donors (Lipinski definition) is 1. The summed E-state index contributed by atoms with van der Waals surface area (Å²) >= 11 is 0. The Morgan fingerprint density at radius 3 is 2.69 bits per heavy atom. The molecule has 1 aromatic rings. The fraction of sp³-hybridized carbons (Fsp3) is 0.818. The van der Waals surface area contributed by atoms with Crippen LogP contribution >= 0.6 is 0 Å². The van der Waals surface area contributed by atoms with Gasteiger partial charge in [0.2, 0.25) is 0 Å². The number of hydrogen-bond acceptors (Lipinski definition) is 4. The second-order valence-corrected chi connectivity index (χ2v) is 8.98. The summed E-state index contributed by atoms with van der Waals surface area (Å²) < 4.78 is 7.86. The standard InChI is InChI=1S/C22H40N6O/c1-6-23-22(24-14-20(17(2)3)27-9-7-18(4)8-10-27)28-11-12-29-21(16-28)19-13-25-26(5)15-19/h13,15,17-18,20-21H,6-12,14,16H2,1-5H3,(H,23,24). The highest BCUT2D eigenvalue weighted by atomic mass is 16.5. The van der Waals surface area contributed by atoms with Crippen molar-refractivity contribution in [3.8, 4) is 0 Å². The molecule has 1 N–H and O–H groups in total. The number of nitrogens with one attached hydrogen (secondary N) is 1. The van der Waals surface area contributed by atoms with Crippen molar-refractivity contribution in [2.45, 2.75) is 52.7 Å². The van der Waals surface area contributed by atoms with Crippen molar-refractivity contribution in [1.82, 2.24) is 24.9 Å². The maximum absolute atomic E-state index is 6.02. The number of aryl methyl sites for hydroxylation is 1. The summed E-state index contributed by atoms with van der Waals surface area (Å²) in [5.41, 5.74) is 1.13. The van der Waals surface area contributed by atoms with E-state index >= 15 is 0 Å². The van der Waals surface area contributed by atoms with Gasteiger partial charge in [-0.2, -0.15) is 5.10 Å². The third-order valence-corrected chi connectivity index (χ3v) is 6.28. The average Bonchev–Trinajstić information content (AvgIpc) is 3.15. The van der Waals surface area contributed by atoms with E-state index in [1.807, 2.05) is 24.1 Å². The lowest BCUT2D eigenvalue weighted by Gasteiger charge is -2.39. The molecule has 29 heavy (non-hydrogen) atoms. The van der Waals surface area contributed by atoms with Gasteiger partial charge in [0.25, 0.3) is 0 Å². The molecular formula is C22H40N6O. The first kappa shape index (κ1) is 22.1. The lowest BCUT2D eigenvalue weighted by Crippen LogP contribution is -2.49. The van der Waals surface area contributed by atoms with Crippen LogP contribution in [0.2, 0.25) is 0 Å². The number of ether oxygens (including phenoxy) is 1. The van der Waals surface area contributed by atoms with Crippen LogP contribution in [0.3, 0.4) is 0 Å². The number of aromatic nitrogens is 2. The van der Waals surface area contributed by atoms with Gasteiger partial charge in [-0.15, -0.1) is 0 Å². The zero-order chi connectivity index (χ0) is 20.8. The molecule has 2 aliphatic rings. The van der Waals surface area contributed by atoms with E-state index in [1.54, 1.807) is 0 Å².